The third-order valence-corrected chi connectivity index (χ3v) is 3.23. The predicted molar refractivity (Wildman–Crippen MR) is 81.7 cm³/mol. The van der Waals surface area contributed by atoms with E-state index in [1.807, 2.05) is 26.8 Å². The molecule has 0 fully saturated rings. The van der Waals surface area contributed by atoms with Gasteiger partial charge in [-0.2, -0.15) is 0 Å². The minimum absolute atomic E-state index is 0.0556. The SMILES string of the molecule is CCN[C@H](C)CNC(=O)c1cnc2cc(C)ccn2c1=O. The molecule has 0 spiro atoms. The first-order valence-electron chi connectivity index (χ1n) is 7.02. The van der Waals surface area contributed by atoms with E-state index in [9.17, 15) is 9.59 Å². The summed E-state index contributed by atoms with van der Waals surface area (Å²) < 4.78 is 1.38. The summed E-state index contributed by atoms with van der Waals surface area (Å²) >= 11 is 0. The summed E-state index contributed by atoms with van der Waals surface area (Å²) in [7, 11) is 0. The Labute approximate surface area is 123 Å². The third-order valence-electron chi connectivity index (χ3n) is 3.23. The molecule has 6 nitrogen and oxygen atoms in total. The lowest BCUT2D eigenvalue weighted by atomic mass is 10.2. The van der Waals surface area contributed by atoms with Gasteiger partial charge in [0, 0.05) is 25.0 Å². The second-order valence-corrected chi connectivity index (χ2v) is 5.08. The molecule has 0 aliphatic heterocycles. The Morgan fingerprint density at radius 1 is 1.48 bits per heavy atom. The molecule has 0 saturated carbocycles. The average Bonchev–Trinajstić information content (AvgIpc) is 2.45. The minimum Gasteiger partial charge on any atom is -0.350 e. The maximum atomic E-state index is 12.3. The zero-order chi connectivity index (χ0) is 15.4. The van der Waals surface area contributed by atoms with Gasteiger partial charge in [-0.1, -0.05) is 6.92 Å². The number of hydrogen-bond donors (Lipinski definition) is 2. The van der Waals surface area contributed by atoms with Crippen LogP contribution in [0.25, 0.3) is 5.65 Å². The number of pyridine rings is 1. The highest BCUT2D eigenvalue weighted by Gasteiger charge is 2.13. The monoisotopic (exact) mass is 288 g/mol. The minimum atomic E-state index is -0.396. The van der Waals surface area contributed by atoms with E-state index in [4.69, 9.17) is 0 Å². The normalized spacial score (nSPS) is 12.3. The van der Waals surface area contributed by atoms with Crippen molar-refractivity contribution in [2.75, 3.05) is 13.1 Å². The highest BCUT2D eigenvalue weighted by Crippen LogP contribution is 2.02. The van der Waals surface area contributed by atoms with Gasteiger partial charge in [0.15, 0.2) is 0 Å². The molecule has 1 atom stereocenters. The molecule has 0 unspecified atom stereocenters. The molecule has 0 radical (unpaired) electrons. The molecule has 0 bridgehead atoms. The summed E-state index contributed by atoms with van der Waals surface area (Å²) in [5.41, 5.74) is 1.25. The van der Waals surface area contributed by atoms with Gasteiger partial charge in [-0.05, 0) is 38.1 Å². The molecular weight excluding hydrogens is 268 g/mol. The van der Waals surface area contributed by atoms with Crippen LogP contribution in [0.3, 0.4) is 0 Å². The molecular formula is C15H20N4O2. The molecule has 21 heavy (non-hydrogen) atoms. The van der Waals surface area contributed by atoms with Crippen molar-refractivity contribution in [2.24, 2.45) is 0 Å². The summed E-state index contributed by atoms with van der Waals surface area (Å²) in [5.74, 6) is -0.396. The van der Waals surface area contributed by atoms with Crippen molar-refractivity contribution in [1.29, 1.82) is 0 Å². The van der Waals surface area contributed by atoms with Gasteiger partial charge in [0.2, 0.25) is 0 Å². The van der Waals surface area contributed by atoms with Crippen LogP contribution in [0.15, 0.2) is 29.3 Å². The maximum absolute atomic E-state index is 12.3. The van der Waals surface area contributed by atoms with E-state index in [1.54, 1.807) is 12.3 Å². The Morgan fingerprint density at radius 2 is 2.24 bits per heavy atom. The number of carbonyl (C=O) groups excluding carboxylic acids is 1. The van der Waals surface area contributed by atoms with Gasteiger partial charge < -0.3 is 10.6 Å². The Morgan fingerprint density at radius 3 is 2.95 bits per heavy atom. The number of nitrogens with one attached hydrogen (secondary N) is 2. The first kappa shape index (κ1) is 15.2. The lowest BCUT2D eigenvalue weighted by Gasteiger charge is -2.13. The highest BCUT2D eigenvalue weighted by molar-refractivity contribution is 5.93. The van der Waals surface area contributed by atoms with Gasteiger partial charge in [-0.25, -0.2) is 4.98 Å². The summed E-state index contributed by atoms with van der Waals surface area (Å²) in [6.07, 6.45) is 2.97. The van der Waals surface area contributed by atoms with Crippen molar-refractivity contribution >= 4 is 11.6 Å². The van der Waals surface area contributed by atoms with E-state index in [-0.39, 0.29) is 17.2 Å². The van der Waals surface area contributed by atoms with E-state index in [0.717, 1.165) is 12.1 Å². The molecule has 1 amide bonds. The summed E-state index contributed by atoms with van der Waals surface area (Å²) in [5, 5.41) is 5.93. The Bertz CT molecular complexity index is 708. The molecule has 0 aliphatic carbocycles. The molecule has 0 aromatic carbocycles. The standard InChI is InChI=1S/C15H20N4O2/c1-4-16-11(3)8-18-14(20)12-9-17-13-7-10(2)5-6-19(13)15(12)21/h5-7,9,11,16H,4,8H2,1-3H3,(H,18,20)/t11-/m1/s1. The van der Waals surface area contributed by atoms with E-state index >= 15 is 0 Å². The Kier molecular flexibility index (Phi) is 4.70. The Hall–Kier alpha value is -2.21. The zero-order valence-electron chi connectivity index (χ0n) is 12.5. The largest absolute Gasteiger partial charge is 0.350 e. The number of aryl methyl sites for hydroxylation is 1. The van der Waals surface area contributed by atoms with E-state index in [1.165, 1.54) is 10.6 Å². The number of carbonyl (C=O) groups is 1. The number of amides is 1. The second-order valence-electron chi connectivity index (χ2n) is 5.08. The van der Waals surface area contributed by atoms with E-state index in [2.05, 4.69) is 15.6 Å². The summed E-state index contributed by atoms with van der Waals surface area (Å²) in [6.45, 7) is 7.19. The van der Waals surface area contributed by atoms with Gasteiger partial charge in [0.1, 0.15) is 11.2 Å². The molecule has 2 aromatic heterocycles. The maximum Gasteiger partial charge on any atom is 0.270 e. The van der Waals surface area contributed by atoms with Crippen molar-refractivity contribution in [3.63, 3.8) is 0 Å². The van der Waals surface area contributed by atoms with Crippen LogP contribution >= 0.6 is 0 Å². The van der Waals surface area contributed by atoms with Crippen LogP contribution in [0, 0.1) is 6.92 Å². The van der Waals surface area contributed by atoms with Gasteiger partial charge in [-0.15, -0.1) is 0 Å². The number of fused-ring (bicyclic) bond motifs is 1. The molecule has 0 aliphatic rings. The van der Waals surface area contributed by atoms with Gasteiger partial charge in [0.25, 0.3) is 11.5 Å². The van der Waals surface area contributed by atoms with Crippen LogP contribution in [0.2, 0.25) is 0 Å². The topological polar surface area (TPSA) is 75.5 Å². The average molecular weight is 288 g/mol. The van der Waals surface area contributed by atoms with Crippen LogP contribution in [-0.4, -0.2) is 34.4 Å². The zero-order valence-corrected chi connectivity index (χ0v) is 12.5. The van der Waals surface area contributed by atoms with Crippen molar-refractivity contribution < 1.29 is 4.79 Å². The lowest BCUT2D eigenvalue weighted by Crippen LogP contribution is -2.40. The lowest BCUT2D eigenvalue weighted by molar-refractivity contribution is 0.0948. The van der Waals surface area contributed by atoms with Gasteiger partial charge in [0.05, 0.1) is 0 Å². The first-order valence-corrected chi connectivity index (χ1v) is 7.02. The number of hydrogen-bond acceptors (Lipinski definition) is 4. The van der Waals surface area contributed by atoms with Crippen molar-refractivity contribution in [3.8, 4) is 0 Å². The first-order chi connectivity index (χ1) is 10.0. The molecule has 112 valence electrons. The number of aromatic nitrogens is 2. The third kappa shape index (κ3) is 3.46. The molecule has 6 heteroatoms. The van der Waals surface area contributed by atoms with Crippen molar-refractivity contribution in [3.05, 3.63) is 46.0 Å². The van der Waals surface area contributed by atoms with Crippen LogP contribution in [0.1, 0.15) is 29.8 Å². The summed E-state index contributed by atoms with van der Waals surface area (Å²) in [6, 6.07) is 3.76. The van der Waals surface area contributed by atoms with Gasteiger partial charge >= 0.3 is 0 Å². The fraction of sp³-hybridized carbons (Fsp3) is 0.400. The molecule has 0 saturated heterocycles. The summed E-state index contributed by atoms with van der Waals surface area (Å²) in [4.78, 5) is 28.6. The predicted octanol–water partition coefficient (Wildman–Crippen LogP) is 0.731. The fourth-order valence-corrected chi connectivity index (χ4v) is 2.09. The number of nitrogens with zero attached hydrogens (tertiary/aromatic N) is 2. The van der Waals surface area contributed by atoms with Crippen LogP contribution in [-0.2, 0) is 0 Å². The fourth-order valence-electron chi connectivity index (χ4n) is 2.09. The molecule has 2 aromatic rings. The van der Waals surface area contributed by atoms with E-state index in [0.29, 0.717) is 12.2 Å². The molecule has 2 rings (SSSR count). The number of likely N-dealkylation sites (N-methyl/N-ethyl adjacent to an activating group) is 1. The Balaban J connectivity index is 2.22. The van der Waals surface area contributed by atoms with E-state index < -0.39 is 5.91 Å². The second kappa shape index (κ2) is 6.49. The van der Waals surface area contributed by atoms with Crippen molar-refractivity contribution in [1.82, 2.24) is 20.0 Å². The van der Waals surface area contributed by atoms with Crippen LogP contribution < -0.4 is 16.2 Å². The van der Waals surface area contributed by atoms with Crippen LogP contribution in [0.5, 0.6) is 0 Å². The molecule has 2 heterocycles. The van der Waals surface area contributed by atoms with Crippen LogP contribution in [0.4, 0.5) is 0 Å². The van der Waals surface area contributed by atoms with Crippen molar-refractivity contribution in [2.45, 2.75) is 26.8 Å². The molecule has 2 N–H and O–H groups in total. The quantitative estimate of drug-likeness (QED) is 0.850. The highest BCUT2D eigenvalue weighted by atomic mass is 16.2. The number of rotatable bonds is 5. The van der Waals surface area contributed by atoms with Gasteiger partial charge in [-0.3, -0.25) is 14.0 Å². The smallest absolute Gasteiger partial charge is 0.270 e.